The fraction of sp³-hybridized carbons (Fsp3) is 0.240. The number of carbonyl (C=O) groups is 1. The quantitative estimate of drug-likeness (QED) is 0.413. The average molecular weight is 548 g/mol. The Morgan fingerprint density at radius 2 is 1.51 bits per heavy atom. The van der Waals surface area contributed by atoms with E-state index in [4.69, 9.17) is 9.47 Å². The monoisotopic (exact) mass is 547 g/mol. The summed E-state index contributed by atoms with van der Waals surface area (Å²) in [6.07, 6.45) is 1.07. The maximum Gasteiger partial charge on any atom is 0.264 e. The number of methoxy groups -OCH3 is 2. The Bertz CT molecular complexity index is 1490. The molecule has 0 saturated carbocycles. The highest BCUT2D eigenvalue weighted by molar-refractivity contribution is 7.93. The number of nitrogens with zero attached hydrogens (tertiary/aromatic N) is 2. The first-order chi connectivity index (χ1) is 17.4. The number of nitrogens with one attached hydrogen (secondary N) is 1. The van der Waals surface area contributed by atoms with E-state index in [2.05, 4.69) is 5.32 Å². The van der Waals surface area contributed by atoms with Crippen LogP contribution in [0.3, 0.4) is 0 Å². The first kappa shape index (κ1) is 27.8. The number of amides is 1. The lowest BCUT2D eigenvalue weighted by molar-refractivity contribution is -0.114. The Kier molecular flexibility index (Phi) is 8.34. The van der Waals surface area contributed by atoms with Crippen molar-refractivity contribution in [1.29, 1.82) is 0 Å². The van der Waals surface area contributed by atoms with E-state index in [0.717, 1.165) is 20.4 Å². The molecule has 0 aliphatic heterocycles. The number of rotatable bonds is 10. The Morgan fingerprint density at radius 1 is 0.865 bits per heavy atom. The Labute approximate surface area is 217 Å². The predicted octanol–water partition coefficient (Wildman–Crippen LogP) is 3.24. The van der Waals surface area contributed by atoms with Gasteiger partial charge in [0.15, 0.2) is 11.5 Å². The van der Waals surface area contributed by atoms with Crippen LogP contribution in [0.5, 0.6) is 11.5 Å². The number of hydrogen-bond acceptors (Lipinski definition) is 7. The zero-order chi connectivity index (χ0) is 27.4. The second kappa shape index (κ2) is 11.1. The van der Waals surface area contributed by atoms with Gasteiger partial charge in [0.1, 0.15) is 6.54 Å². The molecule has 0 aliphatic rings. The maximum absolute atomic E-state index is 13.7. The van der Waals surface area contributed by atoms with Crippen LogP contribution in [0.1, 0.15) is 5.56 Å². The van der Waals surface area contributed by atoms with Gasteiger partial charge in [-0.1, -0.05) is 23.8 Å². The third kappa shape index (κ3) is 6.52. The molecule has 1 amide bonds. The topological polar surface area (TPSA) is 122 Å². The third-order valence-electron chi connectivity index (χ3n) is 5.54. The molecule has 0 atom stereocenters. The summed E-state index contributed by atoms with van der Waals surface area (Å²) in [7, 11) is -3.48. The molecule has 0 aliphatic carbocycles. The molecule has 0 aromatic heterocycles. The molecule has 0 bridgehead atoms. The molecule has 0 radical (unpaired) electrons. The highest BCUT2D eigenvalue weighted by atomic mass is 32.2. The van der Waals surface area contributed by atoms with E-state index in [1.165, 1.54) is 45.5 Å². The number of carbonyl (C=O) groups excluding carboxylic acids is 1. The second-order valence-electron chi connectivity index (χ2n) is 8.19. The van der Waals surface area contributed by atoms with Crippen molar-refractivity contribution in [3.63, 3.8) is 0 Å². The highest BCUT2D eigenvalue weighted by Crippen LogP contribution is 2.32. The molecule has 3 rings (SSSR count). The van der Waals surface area contributed by atoms with Crippen LogP contribution in [0.25, 0.3) is 0 Å². The molecule has 10 nitrogen and oxygen atoms in total. The van der Waals surface area contributed by atoms with Gasteiger partial charge in [0.05, 0.1) is 36.7 Å². The summed E-state index contributed by atoms with van der Waals surface area (Å²) in [4.78, 5) is 13.0. The number of hydrogen-bond donors (Lipinski definition) is 1. The Hall–Kier alpha value is -3.77. The van der Waals surface area contributed by atoms with E-state index in [9.17, 15) is 21.6 Å². The van der Waals surface area contributed by atoms with Crippen molar-refractivity contribution in [2.24, 2.45) is 0 Å². The number of sulfonamides is 2. The smallest absolute Gasteiger partial charge is 0.264 e. The number of benzene rings is 3. The number of aryl methyl sites for hydroxylation is 1. The van der Waals surface area contributed by atoms with Crippen LogP contribution in [-0.4, -0.2) is 56.8 Å². The van der Waals surface area contributed by atoms with Crippen LogP contribution in [0.15, 0.2) is 71.6 Å². The minimum absolute atomic E-state index is 0.0877. The van der Waals surface area contributed by atoms with E-state index in [1.807, 2.05) is 6.92 Å². The van der Waals surface area contributed by atoms with Crippen LogP contribution in [-0.2, 0) is 24.8 Å². The van der Waals surface area contributed by atoms with E-state index in [0.29, 0.717) is 22.8 Å². The SMILES string of the molecule is COc1ccc(S(=O)(=O)N(CC(=O)Nc2cccc(N(C)S(C)(=O)=O)c2)c2ccc(C)cc2)cc1OC. The van der Waals surface area contributed by atoms with E-state index < -0.39 is 32.5 Å². The zero-order valence-electron chi connectivity index (χ0n) is 21.1. The van der Waals surface area contributed by atoms with Gasteiger partial charge in [-0.25, -0.2) is 16.8 Å². The molecular formula is C25H29N3O7S2. The molecule has 198 valence electrons. The molecular weight excluding hydrogens is 518 g/mol. The lowest BCUT2D eigenvalue weighted by atomic mass is 10.2. The fourth-order valence-corrected chi connectivity index (χ4v) is 5.37. The first-order valence-electron chi connectivity index (χ1n) is 11.0. The average Bonchev–Trinajstić information content (AvgIpc) is 2.86. The standard InChI is InChI=1S/C25H29N3O7S2/c1-18-9-11-20(12-10-18)28(37(32,33)22-13-14-23(34-3)24(16-22)35-4)17-25(29)26-19-7-6-8-21(15-19)27(2)36(5,30)31/h6-16H,17H2,1-5H3,(H,26,29). The van der Waals surface area contributed by atoms with Crippen LogP contribution < -0.4 is 23.4 Å². The highest BCUT2D eigenvalue weighted by Gasteiger charge is 2.28. The van der Waals surface area contributed by atoms with Gasteiger partial charge in [0.2, 0.25) is 15.9 Å². The summed E-state index contributed by atoms with van der Waals surface area (Å²) in [5.74, 6) is -0.0347. The van der Waals surface area contributed by atoms with Crippen LogP contribution in [0.4, 0.5) is 17.1 Å². The van der Waals surface area contributed by atoms with Gasteiger partial charge in [-0.15, -0.1) is 0 Å². The fourth-order valence-electron chi connectivity index (χ4n) is 3.43. The van der Waals surface area contributed by atoms with Gasteiger partial charge in [-0.05, 0) is 49.4 Å². The number of ether oxygens (including phenoxy) is 2. The molecule has 1 N–H and O–H groups in total. The molecule has 3 aromatic rings. The van der Waals surface area contributed by atoms with E-state index in [-0.39, 0.29) is 10.6 Å². The molecule has 0 saturated heterocycles. The first-order valence-corrected chi connectivity index (χ1v) is 14.3. The molecule has 0 spiro atoms. The molecule has 0 heterocycles. The van der Waals surface area contributed by atoms with Crippen molar-refractivity contribution in [2.75, 3.05) is 48.0 Å². The van der Waals surface area contributed by atoms with Crippen LogP contribution in [0.2, 0.25) is 0 Å². The maximum atomic E-state index is 13.7. The van der Waals surface area contributed by atoms with Crippen molar-refractivity contribution in [1.82, 2.24) is 0 Å². The summed E-state index contributed by atoms with van der Waals surface area (Å²) < 4.78 is 63.7. The minimum Gasteiger partial charge on any atom is -0.493 e. The molecule has 37 heavy (non-hydrogen) atoms. The van der Waals surface area contributed by atoms with Gasteiger partial charge >= 0.3 is 0 Å². The molecule has 0 unspecified atom stereocenters. The molecule has 0 fully saturated rings. The van der Waals surface area contributed by atoms with Crippen LogP contribution in [0, 0.1) is 6.92 Å². The van der Waals surface area contributed by atoms with Crippen LogP contribution >= 0.6 is 0 Å². The van der Waals surface area contributed by atoms with Crippen molar-refractivity contribution in [2.45, 2.75) is 11.8 Å². The van der Waals surface area contributed by atoms with E-state index >= 15 is 0 Å². The summed E-state index contributed by atoms with van der Waals surface area (Å²) in [5.41, 5.74) is 1.86. The van der Waals surface area contributed by atoms with Gasteiger partial charge in [0, 0.05) is 18.8 Å². The van der Waals surface area contributed by atoms with Crippen molar-refractivity contribution in [3.8, 4) is 11.5 Å². The van der Waals surface area contributed by atoms with E-state index in [1.54, 1.807) is 42.5 Å². The lowest BCUT2D eigenvalue weighted by Crippen LogP contribution is -2.38. The van der Waals surface area contributed by atoms with Gasteiger partial charge in [-0.2, -0.15) is 0 Å². The summed E-state index contributed by atoms with van der Waals surface area (Å²) in [6, 6.07) is 17.1. The Balaban J connectivity index is 1.96. The summed E-state index contributed by atoms with van der Waals surface area (Å²) >= 11 is 0. The van der Waals surface area contributed by atoms with Crippen molar-refractivity contribution in [3.05, 3.63) is 72.3 Å². The van der Waals surface area contributed by atoms with Gasteiger partial charge in [0.25, 0.3) is 10.0 Å². The lowest BCUT2D eigenvalue weighted by Gasteiger charge is -2.25. The minimum atomic E-state index is -4.20. The van der Waals surface area contributed by atoms with Crippen molar-refractivity contribution < 1.29 is 31.1 Å². The molecule has 12 heteroatoms. The second-order valence-corrected chi connectivity index (χ2v) is 12.1. The third-order valence-corrected chi connectivity index (χ3v) is 8.52. The molecule has 3 aromatic carbocycles. The Morgan fingerprint density at radius 3 is 2.11 bits per heavy atom. The zero-order valence-corrected chi connectivity index (χ0v) is 22.8. The van der Waals surface area contributed by atoms with Gasteiger partial charge in [-0.3, -0.25) is 13.4 Å². The van der Waals surface area contributed by atoms with Crippen molar-refractivity contribution >= 4 is 43.0 Å². The largest absolute Gasteiger partial charge is 0.493 e. The predicted molar refractivity (Wildman–Crippen MR) is 144 cm³/mol. The summed E-state index contributed by atoms with van der Waals surface area (Å²) in [5, 5.41) is 2.65. The van der Waals surface area contributed by atoms with Gasteiger partial charge < -0.3 is 14.8 Å². The number of anilines is 3. The summed E-state index contributed by atoms with van der Waals surface area (Å²) in [6.45, 7) is 1.33. The normalized spacial score (nSPS) is 11.5.